The molecule has 13 heavy (non-hydrogen) atoms. The zero-order chi connectivity index (χ0) is 9.42. The van der Waals surface area contributed by atoms with E-state index in [0.29, 0.717) is 5.25 Å². The Labute approximate surface area is 87.2 Å². The van der Waals surface area contributed by atoms with Gasteiger partial charge in [-0.3, -0.25) is 0 Å². The molecular formula is C10H13OS2-. The van der Waals surface area contributed by atoms with Gasteiger partial charge in [-0.25, -0.2) is 6.42 Å². The van der Waals surface area contributed by atoms with Gasteiger partial charge in [0, 0.05) is 9.46 Å². The zero-order valence-corrected chi connectivity index (χ0v) is 9.41. The first-order valence-corrected chi connectivity index (χ1v) is 6.18. The first kappa shape index (κ1) is 9.44. The van der Waals surface area contributed by atoms with Crippen molar-refractivity contribution < 1.29 is 5.11 Å². The van der Waals surface area contributed by atoms with Gasteiger partial charge < -0.3 is 5.11 Å². The molecule has 1 N–H and O–H groups in total. The molecule has 1 aliphatic heterocycles. The number of thioether (sulfide) groups is 1. The fourth-order valence-corrected chi connectivity index (χ4v) is 4.33. The highest BCUT2D eigenvalue weighted by Gasteiger charge is 2.22. The molecule has 0 spiro atoms. The van der Waals surface area contributed by atoms with Gasteiger partial charge in [-0.1, -0.05) is 12.5 Å². The fraction of sp³-hybridized carbons (Fsp3) is 0.500. The van der Waals surface area contributed by atoms with Crippen LogP contribution in [0.1, 0.15) is 36.8 Å². The Balaban J connectivity index is 2.35. The topological polar surface area (TPSA) is 20.2 Å². The molecule has 0 amide bonds. The molecule has 0 bridgehead atoms. The molecule has 1 aromatic rings. The molecule has 2 atom stereocenters. The first-order valence-electron chi connectivity index (χ1n) is 4.48. The molecule has 3 heteroatoms. The normalized spacial score (nSPS) is 27.0. The van der Waals surface area contributed by atoms with E-state index in [1.165, 1.54) is 9.09 Å². The Morgan fingerprint density at radius 1 is 1.62 bits per heavy atom. The smallest absolute Gasteiger partial charge is 0.0657 e. The van der Waals surface area contributed by atoms with Crippen LogP contribution in [0.25, 0.3) is 0 Å². The van der Waals surface area contributed by atoms with Gasteiger partial charge in [-0.05, 0) is 6.42 Å². The van der Waals surface area contributed by atoms with Gasteiger partial charge in [0.25, 0.3) is 0 Å². The van der Waals surface area contributed by atoms with Crippen LogP contribution in [0.3, 0.4) is 0 Å². The van der Waals surface area contributed by atoms with E-state index in [0.717, 1.165) is 12.0 Å². The molecule has 0 saturated heterocycles. The highest BCUT2D eigenvalue weighted by molar-refractivity contribution is 8.01. The summed E-state index contributed by atoms with van der Waals surface area (Å²) in [6, 6.07) is 2.11. The van der Waals surface area contributed by atoms with E-state index in [4.69, 9.17) is 0 Å². The maximum absolute atomic E-state index is 9.82. The second-order valence-electron chi connectivity index (χ2n) is 3.36. The van der Waals surface area contributed by atoms with Crippen LogP contribution in [-0.4, -0.2) is 10.4 Å². The summed E-state index contributed by atoms with van der Waals surface area (Å²) in [6.45, 7) is 4.21. The Morgan fingerprint density at radius 3 is 3.08 bits per heavy atom. The van der Waals surface area contributed by atoms with Crippen molar-refractivity contribution in [3.63, 3.8) is 0 Å². The molecule has 72 valence electrons. The van der Waals surface area contributed by atoms with Gasteiger partial charge in [0.15, 0.2) is 0 Å². The molecule has 0 fully saturated rings. The van der Waals surface area contributed by atoms with E-state index in [9.17, 15) is 5.11 Å². The lowest BCUT2D eigenvalue weighted by atomic mass is 10.1. The number of aliphatic hydroxyl groups excluding tert-OH is 1. The minimum Gasteiger partial charge on any atom is -0.390 e. The minimum atomic E-state index is -0.240. The van der Waals surface area contributed by atoms with Crippen molar-refractivity contribution in [1.29, 1.82) is 0 Å². The summed E-state index contributed by atoms with van der Waals surface area (Å²) in [5.41, 5.74) is 1.14. The predicted octanol–water partition coefficient (Wildman–Crippen LogP) is 3.24. The van der Waals surface area contributed by atoms with Crippen LogP contribution in [0.15, 0.2) is 10.3 Å². The van der Waals surface area contributed by atoms with Gasteiger partial charge in [-0.15, -0.1) is 23.6 Å². The van der Waals surface area contributed by atoms with Gasteiger partial charge in [0.2, 0.25) is 0 Å². The summed E-state index contributed by atoms with van der Waals surface area (Å²) in [4.78, 5) is 1.27. The molecule has 1 aromatic heterocycles. The van der Waals surface area contributed by atoms with Crippen molar-refractivity contribution >= 4 is 23.1 Å². The van der Waals surface area contributed by atoms with E-state index in [1.807, 2.05) is 18.7 Å². The molecule has 2 unspecified atom stereocenters. The molecular weight excluding hydrogens is 200 g/mol. The second kappa shape index (κ2) is 3.56. The predicted molar refractivity (Wildman–Crippen MR) is 58.3 cm³/mol. The number of fused-ring (bicyclic) bond motifs is 1. The fourth-order valence-electron chi connectivity index (χ4n) is 1.55. The summed E-state index contributed by atoms with van der Waals surface area (Å²) < 4.78 is 1.30. The van der Waals surface area contributed by atoms with Crippen LogP contribution < -0.4 is 0 Å². The van der Waals surface area contributed by atoms with Gasteiger partial charge in [-0.2, -0.15) is 17.4 Å². The van der Waals surface area contributed by atoms with E-state index >= 15 is 0 Å². The number of rotatable bonds is 1. The quantitative estimate of drug-likeness (QED) is 0.723. The van der Waals surface area contributed by atoms with E-state index in [1.54, 1.807) is 11.3 Å². The Bertz CT molecular complexity index is 306. The standard InChI is InChI=1S/C10H13OS2/c1-3-7-5-8-9(11)4-6(2)12-10(8)13-7/h3,5-6,9,11H,4H2,1-2H3/q-1. The minimum absolute atomic E-state index is 0.240. The molecule has 1 nitrogen and oxygen atoms in total. The molecule has 0 aromatic carbocycles. The van der Waals surface area contributed by atoms with Gasteiger partial charge in [0.1, 0.15) is 0 Å². The van der Waals surface area contributed by atoms with Crippen molar-refractivity contribution in [1.82, 2.24) is 0 Å². The molecule has 2 rings (SSSR count). The lowest BCUT2D eigenvalue weighted by Gasteiger charge is -2.24. The highest BCUT2D eigenvalue weighted by Crippen LogP contribution is 2.45. The molecule has 1 aliphatic rings. The maximum Gasteiger partial charge on any atom is 0.0657 e. The van der Waals surface area contributed by atoms with Crippen molar-refractivity contribution in [2.45, 2.75) is 35.8 Å². The third-order valence-electron chi connectivity index (χ3n) is 2.25. The number of hydrogen-bond donors (Lipinski definition) is 1. The largest absolute Gasteiger partial charge is 0.390 e. The third-order valence-corrected chi connectivity index (χ3v) is 4.84. The number of thiophene rings is 1. The Kier molecular flexibility index (Phi) is 2.58. The van der Waals surface area contributed by atoms with E-state index in [2.05, 4.69) is 19.4 Å². The van der Waals surface area contributed by atoms with Crippen molar-refractivity contribution in [2.24, 2.45) is 0 Å². The van der Waals surface area contributed by atoms with Crippen LogP contribution in [0.2, 0.25) is 0 Å². The number of aliphatic hydroxyl groups is 1. The summed E-state index contributed by atoms with van der Waals surface area (Å²) in [7, 11) is 0. The number of hydrogen-bond acceptors (Lipinski definition) is 3. The van der Waals surface area contributed by atoms with E-state index < -0.39 is 0 Å². The molecule has 2 heterocycles. The SMILES string of the molecule is C[CH-]c1cc2c(s1)SC(C)CC2O. The van der Waals surface area contributed by atoms with Crippen LogP contribution in [0.4, 0.5) is 0 Å². The lowest BCUT2D eigenvalue weighted by molar-refractivity contribution is 0.164. The average molecular weight is 213 g/mol. The Morgan fingerprint density at radius 2 is 2.38 bits per heavy atom. The Hall–Kier alpha value is -0.120. The van der Waals surface area contributed by atoms with Crippen LogP contribution in [-0.2, 0) is 0 Å². The summed E-state index contributed by atoms with van der Waals surface area (Å²) in [5.74, 6) is 0. The summed E-state index contributed by atoms with van der Waals surface area (Å²) in [5, 5.41) is 10.4. The zero-order valence-electron chi connectivity index (χ0n) is 7.78. The third kappa shape index (κ3) is 1.73. The van der Waals surface area contributed by atoms with Crippen LogP contribution >= 0.6 is 23.1 Å². The summed E-state index contributed by atoms with van der Waals surface area (Å²) in [6.07, 6.45) is 2.74. The van der Waals surface area contributed by atoms with Crippen molar-refractivity contribution in [3.05, 3.63) is 22.9 Å². The lowest BCUT2D eigenvalue weighted by Crippen LogP contribution is -2.10. The summed E-state index contributed by atoms with van der Waals surface area (Å²) >= 11 is 3.68. The van der Waals surface area contributed by atoms with Crippen molar-refractivity contribution in [3.8, 4) is 0 Å². The molecule has 0 aliphatic carbocycles. The van der Waals surface area contributed by atoms with E-state index in [-0.39, 0.29) is 6.10 Å². The van der Waals surface area contributed by atoms with Crippen molar-refractivity contribution in [2.75, 3.05) is 0 Å². The van der Waals surface area contributed by atoms with Crippen LogP contribution in [0, 0.1) is 6.42 Å². The molecule has 0 saturated carbocycles. The van der Waals surface area contributed by atoms with Gasteiger partial charge >= 0.3 is 0 Å². The molecule has 0 radical (unpaired) electrons. The van der Waals surface area contributed by atoms with Crippen LogP contribution in [0.5, 0.6) is 0 Å². The first-order chi connectivity index (χ1) is 6.20. The highest BCUT2D eigenvalue weighted by atomic mass is 32.2. The average Bonchev–Trinajstić information content (AvgIpc) is 2.47. The second-order valence-corrected chi connectivity index (χ2v) is 6.15. The monoisotopic (exact) mass is 213 g/mol. The van der Waals surface area contributed by atoms with Gasteiger partial charge in [0.05, 0.1) is 6.10 Å². The maximum atomic E-state index is 9.82.